The number of halogens is 1. The van der Waals surface area contributed by atoms with Gasteiger partial charge in [0.15, 0.2) is 5.16 Å². The molecule has 4 aromatic rings. The predicted molar refractivity (Wildman–Crippen MR) is 120 cm³/mol. The van der Waals surface area contributed by atoms with Crippen LogP contribution in [0.2, 0.25) is 0 Å². The van der Waals surface area contributed by atoms with Gasteiger partial charge in [-0.3, -0.25) is 23.9 Å². The van der Waals surface area contributed by atoms with Crippen LogP contribution in [0.3, 0.4) is 0 Å². The minimum absolute atomic E-state index is 0.170. The molecule has 5 rings (SSSR count). The second kappa shape index (κ2) is 8.05. The molecule has 0 spiro atoms. The third kappa shape index (κ3) is 3.38. The van der Waals surface area contributed by atoms with E-state index in [1.165, 1.54) is 45.5 Å². The molecule has 6 nitrogen and oxygen atoms in total. The minimum atomic E-state index is -0.407. The van der Waals surface area contributed by atoms with Gasteiger partial charge in [0, 0.05) is 12.3 Å². The van der Waals surface area contributed by atoms with Gasteiger partial charge < -0.3 is 0 Å². The number of hydrogen-bond acceptors (Lipinski definition) is 5. The lowest BCUT2D eigenvalue weighted by molar-refractivity contribution is 0.0664. The van der Waals surface area contributed by atoms with Gasteiger partial charge in [-0.05, 0) is 48.5 Å². The largest absolute Gasteiger partial charge is 0.273 e. The summed E-state index contributed by atoms with van der Waals surface area (Å²) >= 11 is 1.26. The van der Waals surface area contributed by atoms with Gasteiger partial charge >= 0.3 is 0 Å². The maximum Gasteiger partial charge on any atom is 0.266 e. The molecule has 0 saturated heterocycles. The first-order valence-corrected chi connectivity index (χ1v) is 10.9. The number of hydrogen-bond donors (Lipinski definition) is 0. The zero-order valence-corrected chi connectivity index (χ0v) is 17.5. The van der Waals surface area contributed by atoms with Crippen LogP contribution in [0.15, 0.2) is 82.7 Å². The molecular formula is C24H16FN3O3S. The molecule has 0 saturated carbocycles. The monoisotopic (exact) mass is 445 g/mol. The molecule has 2 amide bonds. The predicted octanol–water partition coefficient (Wildman–Crippen LogP) is 3.91. The number of fused-ring (bicyclic) bond motifs is 2. The Bertz CT molecular complexity index is 1400. The lowest BCUT2D eigenvalue weighted by Gasteiger charge is -2.16. The summed E-state index contributed by atoms with van der Waals surface area (Å²) in [5.41, 5.74) is 1.55. The Morgan fingerprint density at radius 2 is 1.44 bits per heavy atom. The normalized spacial score (nSPS) is 13.1. The maximum absolute atomic E-state index is 13.4. The van der Waals surface area contributed by atoms with E-state index in [1.54, 1.807) is 48.5 Å². The van der Waals surface area contributed by atoms with Gasteiger partial charge in [0.05, 0.1) is 27.7 Å². The highest BCUT2D eigenvalue weighted by molar-refractivity contribution is 7.99. The van der Waals surface area contributed by atoms with Gasteiger partial charge in [-0.1, -0.05) is 36.0 Å². The highest BCUT2D eigenvalue weighted by Crippen LogP contribution is 2.25. The van der Waals surface area contributed by atoms with Crippen LogP contribution >= 0.6 is 11.8 Å². The zero-order valence-electron chi connectivity index (χ0n) is 16.7. The number of para-hydroxylation sites is 1. The van der Waals surface area contributed by atoms with Crippen molar-refractivity contribution in [1.29, 1.82) is 0 Å². The van der Waals surface area contributed by atoms with Crippen molar-refractivity contribution in [2.75, 3.05) is 12.3 Å². The van der Waals surface area contributed by atoms with Crippen LogP contribution in [0.25, 0.3) is 16.6 Å². The fraction of sp³-hybridized carbons (Fsp3) is 0.0833. The second-order valence-electron chi connectivity index (χ2n) is 7.18. The molecule has 0 aliphatic carbocycles. The number of rotatable bonds is 5. The number of amides is 2. The van der Waals surface area contributed by atoms with Crippen molar-refractivity contribution < 1.29 is 14.0 Å². The number of carbonyl (C=O) groups is 2. The third-order valence-corrected chi connectivity index (χ3v) is 6.17. The van der Waals surface area contributed by atoms with Crippen molar-refractivity contribution in [2.24, 2.45) is 0 Å². The number of imide groups is 1. The highest BCUT2D eigenvalue weighted by Gasteiger charge is 2.34. The maximum atomic E-state index is 13.4. The Morgan fingerprint density at radius 3 is 2.12 bits per heavy atom. The average Bonchev–Trinajstić information content (AvgIpc) is 3.05. The van der Waals surface area contributed by atoms with Gasteiger partial charge in [0.25, 0.3) is 17.4 Å². The fourth-order valence-corrected chi connectivity index (χ4v) is 4.63. The summed E-state index contributed by atoms with van der Waals surface area (Å²) in [4.78, 5) is 44.2. The van der Waals surface area contributed by atoms with E-state index < -0.39 is 5.82 Å². The molecule has 0 atom stereocenters. The molecule has 1 aromatic heterocycles. The Balaban J connectivity index is 1.46. The van der Waals surface area contributed by atoms with E-state index in [2.05, 4.69) is 4.98 Å². The van der Waals surface area contributed by atoms with Crippen LogP contribution in [0.5, 0.6) is 0 Å². The summed E-state index contributed by atoms with van der Waals surface area (Å²) in [6.45, 7) is 0.170. The van der Waals surface area contributed by atoms with Gasteiger partial charge in [-0.15, -0.1) is 0 Å². The number of carbonyl (C=O) groups excluding carboxylic acids is 2. The Kier molecular flexibility index (Phi) is 5.07. The summed E-state index contributed by atoms with van der Waals surface area (Å²) in [5.74, 6) is -0.713. The first-order chi connectivity index (χ1) is 15.5. The summed E-state index contributed by atoms with van der Waals surface area (Å²) in [6.07, 6.45) is 0. The molecule has 0 radical (unpaired) electrons. The average molecular weight is 445 g/mol. The van der Waals surface area contributed by atoms with E-state index in [0.29, 0.717) is 38.6 Å². The van der Waals surface area contributed by atoms with Crippen molar-refractivity contribution in [1.82, 2.24) is 14.5 Å². The lowest BCUT2D eigenvalue weighted by Crippen LogP contribution is -2.32. The van der Waals surface area contributed by atoms with Crippen LogP contribution < -0.4 is 5.56 Å². The SMILES string of the molecule is O=C1c2ccccc2C(=O)N1CCSc1nc2ccccc2c(=O)n1-c1ccc(F)cc1. The first kappa shape index (κ1) is 20.1. The molecule has 3 aromatic carbocycles. The van der Waals surface area contributed by atoms with E-state index in [1.807, 2.05) is 0 Å². The molecule has 0 N–H and O–H groups in total. The van der Waals surface area contributed by atoms with Crippen LogP contribution in [0.4, 0.5) is 4.39 Å². The van der Waals surface area contributed by atoms with Crippen molar-refractivity contribution in [3.63, 3.8) is 0 Å². The van der Waals surface area contributed by atoms with Crippen LogP contribution in [-0.4, -0.2) is 38.6 Å². The standard InChI is InChI=1S/C24H16FN3O3S/c25-15-9-11-16(12-10-15)28-23(31)19-7-3-4-8-20(19)26-24(28)32-14-13-27-21(29)17-5-1-2-6-18(17)22(27)30/h1-12H,13-14H2. The Hall–Kier alpha value is -3.78. The summed E-state index contributed by atoms with van der Waals surface area (Å²) < 4.78 is 14.9. The van der Waals surface area contributed by atoms with Crippen LogP contribution in [0, 0.1) is 5.82 Å². The van der Waals surface area contributed by atoms with Crippen molar-refractivity contribution in [3.05, 3.63) is 100 Å². The highest BCUT2D eigenvalue weighted by atomic mass is 32.2. The number of benzene rings is 3. The summed E-state index contributed by atoms with van der Waals surface area (Å²) in [5, 5.41) is 0.846. The number of nitrogens with zero attached hydrogens (tertiary/aromatic N) is 3. The molecule has 2 heterocycles. The topological polar surface area (TPSA) is 72.3 Å². The molecule has 8 heteroatoms. The third-order valence-electron chi connectivity index (χ3n) is 5.25. The minimum Gasteiger partial charge on any atom is -0.273 e. The molecule has 158 valence electrons. The summed E-state index contributed by atoms with van der Waals surface area (Å²) in [7, 11) is 0. The quantitative estimate of drug-likeness (QED) is 0.265. The number of thioether (sulfide) groups is 1. The first-order valence-electron chi connectivity index (χ1n) is 9.90. The second-order valence-corrected chi connectivity index (χ2v) is 8.25. The number of aromatic nitrogens is 2. The molecule has 0 fully saturated rings. The van der Waals surface area contributed by atoms with E-state index in [0.717, 1.165) is 0 Å². The Labute approximate surface area is 186 Å². The molecule has 1 aliphatic rings. The van der Waals surface area contributed by atoms with Gasteiger partial charge in [0.2, 0.25) is 0 Å². The van der Waals surface area contributed by atoms with Crippen LogP contribution in [0.1, 0.15) is 20.7 Å². The molecule has 0 unspecified atom stereocenters. The van der Waals surface area contributed by atoms with Gasteiger partial charge in [-0.25, -0.2) is 9.37 Å². The van der Waals surface area contributed by atoms with E-state index in [4.69, 9.17) is 0 Å². The lowest BCUT2D eigenvalue weighted by atomic mass is 10.1. The van der Waals surface area contributed by atoms with Gasteiger partial charge in [0.1, 0.15) is 5.82 Å². The van der Waals surface area contributed by atoms with Crippen LogP contribution in [-0.2, 0) is 0 Å². The van der Waals surface area contributed by atoms with E-state index in [-0.39, 0.29) is 23.9 Å². The molecule has 0 bridgehead atoms. The van der Waals surface area contributed by atoms with Crippen molar-refractivity contribution in [3.8, 4) is 5.69 Å². The fourth-order valence-electron chi connectivity index (χ4n) is 3.70. The smallest absolute Gasteiger partial charge is 0.266 e. The van der Waals surface area contributed by atoms with Gasteiger partial charge in [-0.2, -0.15) is 0 Å². The zero-order chi connectivity index (χ0) is 22.2. The summed E-state index contributed by atoms with van der Waals surface area (Å²) in [6, 6.07) is 19.3. The van der Waals surface area contributed by atoms with Crippen molar-refractivity contribution in [2.45, 2.75) is 5.16 Å². The van der Waals surface area contributed by atoms with Crippen molar-refractivity contribution >= 4 is 34.5 Å². The molecule has 1 aliphatic heterocycles. The molecule has 32 heavy (non-hydrogen) atoms. The Morgan fingerprint density at radius 1 is 0.812 bits per heavy atom. The van der Waals surface area contributed by atoms with E-state index >= 15 is 0 Å². The molecular weight excluding hydrogens is 429 g/mol. The van der Waals surface area contributed by atoms with E-state index in [9.17, 15) is 18.8 Å².